The smallest absolute Gasteiger partial charge is 0.0635 e. The maximum atomic E-state index is 2.56. The number of hydrogen-bond acceptors (Lipinski definition) is 1. The third-order valence-corrected chi connectivity index (χ3v) is 13.7. The summed E-state index contributed by atoms with van der Waals surface area (Å²) in [7, 11) is 0. The first-order valence-corrected chi connectivity index (χ1v) is 23.6. The molecule has 0 spiro atoms. The summed E-state index contributed by atoms with van der Waals surface area (Å²) in [5.74, 6) is -0.0105. The normalized spacial score (nSPS) is 14.5. The van der Waals surface area contributed by atoms with Crippen LogP contribution in [0.15, 0.2) is 279 Å². The molecule has 2 heteroatoms. The van der Waals surface area contributed by atoms with Gasteiger partial charge < -0.3 is 9.47 Å². The Morgan fingerprint density at radius 1 is 0.338 bits per heavy atom. The van der Waals surface area contributed by atoms with Crippen LogP contribution in [0.2, 0.25) is 0 Å². The van der Waals surface area contributed by atoms with Crippen LogP contribution in [0.3, 0.4) is 0 Å². The van der Waals surface area contributed by atoms with Crippen molar-refractivity contribution in [1.29, 1.82) is 0 Å². The van der Waals surface area contributed by atoms with Crippen LogP contribution in [-0.4, -0.2) is 10.6 Å². The summed E-state index contributed by atoms with van der Waals surface area (Å²) >= 11 is 0. The van der Waals surface area contributed by atoms with Crippen molar-refractivity contribution in [1.82, 2.24) is 4.57 Å². The minimum Gasteiger partial charge on any atom is -0.334 e. The van der Waals surface area contributed by atoms with E-state index in [1.807, 2.05) is 0 Å². The van der Waals surface area contributed by atoms with Gasteiger partial charge in [-0.15, -0.1) is 0 Å². The average molecular weight is 869 g/mol. The van der Waals surface area contributed by atoms with E-state index in [0.29, 0.717) is 0 Å². The molecule has 2 nitrogen and oxygen atoms in total. The molecule has 1 heterocycles. The summed E-state index contributed by atoms with van der Waals surface area (Å²) in [5.41, 5.74) is 19.2. The number of anilines is 2. The molecular formula is C66H48N2. The number of hydrogen-bond donors (Lipinski definition) is 0. The van der Waals surface area contributed by atoms with Crippen LogP contribution in [0.5, 0.6) is 0 Å². The molecule has 1 aliphatic carbocycles. The number of para-hydroxylation sites is 2. The Bertz CT molecular complexity index is 3550. The quantitative estimate of drug-likeness (QED) is 0.133. The Kier molecular flexibility index (Phi) is 10.7. The van der Waals surface area contributed by atoms with E-state index in [1.54, 1.807) is 0 Å². The lowest BCUT2D eigenvalue weighted by Gasteiger charge is -2.41. The highest BCUT2D eigenvalue weighted by atomic mass is 15.2. The third kappa shape index (κ3) is 7.62. The number of rotatable bonds is 10. The number of fused-ring (bicyclic) bond motifs is 3. The molecule has 0 fully saturated rings. The van der Waals surface area contributed by atoms with Gasteiger partial charge in [0.2, 0.25) is 0 Å². The zero-order valence-corrected chi connectivity index (χ0v) is 37.6. The molecule has 0 N–H and O–H groups in total. The lowest BCUT2D eigenvalue weighted by molar-refractivity contribution is 0.704. The fourth-order valence-electron chi connectivity index (χ4n) is 10.5. The molecule has 2 unspecified atom stereocenters. The Labute approximate surface area is 398 Å². The standard InChI is InChI=1S/C66H48N2/c1-4-19-47(20-5-1)52-25-16-26-53(45-52)48-37-41-55(42-38-48)67(65-36-18-33-59(51-23-8-3-9-24-51)66(65)62-32-11-10-29-58(62)50-21-6-2-7-22-50)56-43-39-49(40-44-56)54-27-17-28-57(46-54)68-63-34-14-12-30-60(63)61-31-13-15-35-64(61)68/h1-46,65-66H. The van der Waals surface area contributed by atoms with Crippen molar-refractivity contribution in [3.63, 3.8) is 0 Å². The zero-order chi connectivity index (χ0) is 45.2. The summed E-state index contributed by atoms with van der Waals surface area (Å²) < 4.78 is 2.40. The van der Waals surface area contributed by atoms with Gasteiger partial charge in [-0.05, 0) is 116 Å². The van der Waals surface area contributed by atoms with Gasteiger partial charge in [0.1, 0.15) is 0 Å². The maximum absolute atomic E-state index is 2.56. The van der Waals surface area contributed by atoms with Gasteiger partial charge in [-0.2, -0.15) is 0 Å². The van der Waals surface area contributed by atoms with Crippen molar-refractivity contribution in [2.24, 2.45) is 0 Å². The fraction of sp³-hybridized carbons (Fsp3) is 0.0303. The summed E-state index contributed by atoms with van der Waals surface area (Å²) in [6.07, 6.45) is 6.99. The van der Waals surface area contributed by atoms with Crippen molar-refractivity contribution in [2.75, 3.05) is 4.90 Å². The maximum Gasteiger partial charge on any atom is 0.0635 e. The van der Waals surface area contributed by atoms with Gasteiger partial charge in [-0.25, -0.2) is 0 Å². The highest BCUT2D eigenvalue weighted by molar-refractivity contribution is 6.09. The number of aromatic nitrogens is 1. The zero-order valence-electron chi connectivity index (χ0n) is 37.6. The largest absolute Gasteiger partial charge is 0.334 e. The van der Waals surface area contributed by atoms with Gasteiger partial charge in [0, 0.05) is 33.8 Å². The molecule has 2 atom stereocenters. The molecule has 0 saturated carbocycles. The molecule has 68 heavy (non-hydrogen) atoms. The molecule has 322 valence electrons. The van der Waals surface area contributed by atoms with Gasteiger partial charge in [-0.3, -0.25) is 0 Å². The summed E-state index contributed by atoms with van der Waals surface area (Å²) in [6.45, 7) is 0. The lowest BCUT2D eigenvalue weighted by atomic mass is 9.75. The van der Waals surface area contributed by atoms with Gasteiger partial charge in [0.05, 0.1) is 17.1 Å². The molecule has 0 amide bonds. The Morgan fingerprint density at radius 2 is 0.794 bits per heavy atom. The molecule has 10 aromatic carbocycles. The summed E-state index contributed by atoms with van der Waals surface area (Å²) in [5, 5.41) is 2.52. The van der Waals surface area contributed by atoms with E-state index >= 15 is 0 Å². The second-order valence-corrected chi connectivity index (χ2v) is 17.6. The summed E-state index contributed by atoms with van der Waals surface area (Å²) in [4.78, 5) is 2.56. The van der Waals surface area contributed by atoms with E-state index in [1.165, 1.54) is 83.0 Å². The highest BCUT2D eigenvalue weighted by Gasteiger charge is 2.35. The second kappa shape index (κ2) is 17.9. The number of benzene rings is 10. The van der Waals surface area contributed by atoms with Gasteiger partial charge in [-0.1, -0.05) is 224 Å². The van der Waals surface area contributed by atoms with E-state index in [2.05, 4.69) is 289 Å². The third-order valence-electron chi connectivity index (χ3n) is 13.7. The van der Waals surface area contributed by atoms with E-state index in [4.69, 9.17) is 0 Å². The number of nitrogens with zero attached hydrogens (tertiary/aromatic N) is 2. The Hall–Kier alpha value is -8.72. The first-order valence-electron chi connectivity index (χ1n) is 23.6. The first kappa shape index (κ1) is 40.8. The van der Waals surface area contributed by atoms with Crippen LogP contribution in [-0.2, 0) is 0 Å². The van der Waals surface area contributed by atoms with E-state index in [9.17, 15) is 0 Å². The molecule has 0 aliphatic heterocycles. The lowest BCUT2D eigenvalue weighted by Crippen LogP contribution is -2.37. The van der Waals surface area contributed by atoms with Crippen LogP contribution in [0.25, 0.3) is 77.6 Å². The SMILES string of the molecule is C1=CC(N(c2ccc(-c3cccc(-c4ccccc4)c3)cc2)c2ccc(-c3cccc(-n4c5ccccc5c5ccccc54)c3)cc2)C(c2ccccc2-c2ccccc2)C(c2ccccc2)=C1. The first-order chi connectivity index (χ1) is 33.7. The number of allylic oxidation sites excluding steroid dienone is 2. The van der Waals surface area contributed by atoms with E-state index < -0.39 is 0 Å². The van der Waals surface area contributed by atoms with Crippen molar-refractivity contribution in [3.05, 3.63) is 290 Å². The molecule has 11 aromatic rings. The molecule has 0 radical (unpaired) electrons. The molecular weight excluding hydrogens is 821 g/mol. The predicted molar refractivity (Wildman–Crippen MR) is 288 cm³/mol. The average Bonchev–Trinajstić information content (AvgIpc) is 3.76. The van der Waals surface area contributed by atoms with E-state index in [-0.39, 0.29) is 12.0 Å². The van der Waals surface area contributed by atoms with Crippen molar-refractivity contribution < 1.29 is 0 Å². The van der Waals surface area contributed by atoms with Crippen LogP contribution < -0.4 is 4.90 Å². The molecule has 1 aromatic heterocycles. The monoisotopic (exact) mass is 868 g/mol. The Balaban J connectivity index is 0.983. The minimum absolute atomic E-state index is 0.0105. The van der Waals surface area contributed by atoms with Gasteiger partial charge >= 0.3 is 0 Å². The highest BCUT2D eigenvalue weighted by Crippen LogP contribution is 2.47. The van der Waals surface area contributed by atoms with Gasteiger partial charge in [0.15, 0.2) is 0 Å². The second-order valence-electron chi connectivity index (χ2n) is 17.6. The topological polar surface area (TPSA) is 8.17 Å². The minimum atomic E-state index is -0.0724. The Morgan fingerprint density at radius 3 is 1.40 bits per heavy atom. The predicted octanol–water partition coefficient (Wildman–Crippen LogP) is 17.4. The van der Waals surface area contributed by atoms with Crippen molar-refractivity contribution in [2.45, 2.75) is 12.0 Å². The van der Waals surface area contributed by atoms with Crippen LogP contribution in [0.4, 0.5) is 11.4 Å². The molecule has 1 aliphatic rings. The van der Waals surface area contributed by atoms with Crippen LogP contribution in [0, 0.1) is 0 Å². The fourth-order valence-corrected chi connectivity index (χ4v) is 10.5. The molecule has 12 rings (SSSR count). The van der Waals surface area contributed by atoms with Crippen LogP contribution >= 0.6 is 0 Å². The van der Waals surface area contributed by atoms with E-state index in [0.717, 1.165) is 17.1 Å². The molecule has 0 bridgehead atoms. The molecule has 0 saturated heterocycles. The van der Waals surface area contributed by atoms with Crippen molar-refractivity contribution >= 4 is 38.8 Å². The van der Waals surface area contributed by atoms with Crippen LogP contribution in [0.1, 0.15) is 17.0 Å². The van der Waals surface area contributed by atoms with Gasteiger partial charge in [0.25, 0.3) is 0 Å². The summed E-state index contributed by atoms with van der Waals surface area (Å²) in [6, 6.07) is 95.0. The van der Waals surface area contributed by atoms with Crippen molar-refractivity contribution in [3.8, 4) is 50.2 Å².